The van der Waals surface area contributed by atoms with E-state index in [4.69, 9.17) is 0 Å². The van der Waals surface area contributed by atoms with Gasteiger partial charge in [-0.1, -0.05) is 15.9 Å². The van der Waals surface area contributed by atoms with Gasteiger partial charge in [0.25, 0.3) is 5.69 Å². The minimum absolute atomic E-state index is 0.0141. The molecule has 2 unspecified atom stereocenters. The second-order valence-corrected chi connectivity index (χ2v) is 7.58. The first kappa shape index (κ1) is 16.3. The number of benzene rings is 1. The molecule has 0 aliphatic carbocycles. The number of nitro benzene ring substituents is 1. The molecule has 0 bridgehead atoms. The molecule has 2 atom stereocenters. The van der Waals surface area contributed by atoms with E-state index in [2.05, 4.69) is 26.0 Å². The maximum Gasteiger partial charge on any atom is 0.289 e. The quantitative estimate of drug-likeness (QED) is 0.614. The molecule has 9 heteroatoms. The molecule has 0 spiro atoms. The molecule has 1 heterocycles. The molecule has 1 aromatic rings. The van der Waals surface area contributed by atoms with Gasteiger partial charge in [0.05, 0.1) is 4.92 Å². The smallest absolute Gasteiger partial charge is 0.289 e. The molecule has 1 aromatic carbocycles. The van der Waals surface area contributed by atoms with Gasteiger partial charge in [-0.25, -0.2) is 13.1 Å². The maximum atomic E-state index is 12.5. The lowest BCUT2D eigenvalue weighted by atomic mass is 10.0. The van der Waals surface area contributed by atoms with Crippen molar-refractivity contribution in [3.63, 3.8) is 0 Å². The second kappa shape index (κ2) is 6.39. The minimum Gasteiger partial charge on any atom is -0.313 e. The van der Waals surface area contributed by atoms with Crippen molar-refractivity contribution in [1.29, 1.82) is 0 Å². The first-order valence-corrected chi connectivity index (χ1v) is 8.78. The standard InChI is InChI=1S/C12H16BrN3O4S/c1-8-10(3-2-6-14-8)15-21(19,20)12-7-9(13)4-5-11(12)16(17)18/h4-5,7-8,10,14-15H,2-3,6H2,1H3. The van der Waals surface area contributed by atoms with Crippen LogP contribution in [-0.4, -0.2) is 32.0 Å². The molecule has 1 saturated heterocycles. The van der Waals surface area contributed by atoms with Crippen LogP contribution >= 0.6 is 15.9 Å². The van der Waals surface area contributed by atoms with Crippen molar-refractivity contribution in [3.8, 4) is 0 Å². The SMILES string of the molecule is CC1NCCCC1NS(=O)(=O)c1cc(Br)ccc1[N+](=O)[O-]. The van der Waals surface area contributed by atoms with Crippen molar-refractivity contribution in [3.05, 3.63) is 32.8 Å². The molecule has 0 saturated carbocycles. The Labute approximate surface area is 131 Å². The molecule has 0 radical (unpaired) electrons. The zero-order valence-electron chi connectivity index (χ0n) is 11.4. The number of halogens is 1. The summed E-state index contributed by atoms with van der Waals surface area (Å²) in [5.41, 5.74) is -0.429. The number of hydrogen-bond donors (Lipinski definition) is 2. The molecule has 7 nitrogen and oxygen atoms in total. The third-order valence-corrected chi connectivity index (χ3v) is 5.49. The van der Waals surface area contributed by atoms with Crippen molar-refractivity contribution in [2.45, 2.75) is 36.7 Å². The summed E-state index contributed by atoms with van der Waals surface area (Å²) in [5, 5.41) is 14.2. The van der Waals surface area contributed by atoms with Gasteiger partial charge in [-0.3, -0.25) is 10.1 Å². The first-order chi connectivity index (χ1) is 9.81. The van der Waals surface area contributed by atoms with Crippen molar-refractivity contribution in [2.24, 2.45) is 0 Å². The van der Waals surface area contributed by atoms with Crippen LogP contribution in [0.2, 0.25) is 0 Å². The van der Waals surface area contributed by atoms with Crippen LogP contribution in [0.15, 0.2) is 27.6 Å². The Morgan fingerprint density at radius 3 is 2.81 bits per heavy atom. The van der Waals surface area contributed by atoms with E-state index in [1.165, 1.54) is 18.2 Å². The van der Waals surface area contributed by atoms with Crippen LogP contribution in [0.3, 0.4) is 0 Å². The molecule has 21 heavy (non-hydrogen) atoms. The van der Waals surface area contributed by atoms with E-state index in [0.29, 0.717) is 10.9 Å². The van der Waals surface area contributed by atoms with E-state index in [1.807, 2.05) is 6.92 Å². The molecular formula is C12H16BrN3O4S. The van der Waals surface area contributed by atoms with E-state index < -0.39 is 20.6 Å². The molecule has 0 aromatic heterocycles. The van der Waals surface area contributed by atoms with E-state index in [9.17, 15) is 18.5 Å². The summed E-state index contributed by atoms with van der Waals surface area (Å²) in [6, 6.07) is 3.59. The van der Waals surface area contributed by atoms with Gasteiger partial charge in [0, 0.05) is 22.6 Å². The average molecular weight is 378 g/mol. The van der Waals surface area contributed by atoms with Gasteiger partial charge in [-0.2, -0.15) is 0 Å². The fourth-order valence-electron chi connectivity index (χ4n) is 2.32. The van der Waals surface area contributed by atoms with E-state index in [0.717, 1.165) is 13.0 Å². The third kappa shape index (κ3) is 3.79. The average Bonchev–Trinajstić information content (AvgIpc) is 2.41. The number of nitrogens with one attached hydrogen (secondary N) is 2. The summed E-state index contributed by atoms with van der Waals surface area (Å²) in [7, 11) is -3.95. The minimum atomic E-state index is -3.95. The second-order valence-electron chi connectivity index (χ2n) is 4.98. The Hall–Kier alpha value is -1.03. The summed E-state index contributed by atoms with van der Waals surface area (Å²) >= 11 is 3.15. The van der Waals surface area contributed by atoms with Gasteiger partial charge < -0.3 is 5.32 Å². The number of rotatable bonds is 4. The summed E-state index contributed by atoms with van der Waals surface area (Å²) in [5.74, 6) is 0. The fraction of sp³-hybridized carbons (Fsp3) is 0.500. The molecule has 2 rings (SSSR count). The van der Waals surface area contributed by atoms with E-state index in [1.54, 1.807) is 0 Å². The summed E-state index contributed by atoms with van der Waals surface area (Å²) < 4.78 is 28.0. The Bertz CT molecular complexity index is 650. The zero-order valence-corrected chi connectivity index (χ0v) is 13.8. The highest BCUT2D eigenvalue weighted by atomic mass is 79.9. The number of nitro groups is 1. The van der Waals surface area contributed by atoms with Crippen LogP contribution in [0, 0.1) is 10.1 Å². The van der Waals surface area contributed by atoms with Crippen LogP contribution in [0.25, 0.3) is 0 Å². The zero-order chi connectivity index (χ0) is 15.6. The number of nitrogens with zero attached hydrogens (tertiary/aromatic N) is 1. The fourth-order valence-corrected chi connectivity index (χ4v) is 4.38. The van der Waals surface area contributed by atoms with Gasteiger partial charge in [-0.05, 0) is 38.4 Å². The first-order valence-electron chi connectivity index (χ1n) is 6.51. The summed E-state index contributed by atoms with van der Waals surface area (Å²) in [6.45, 7) is 2.73. The van der Waals surface area contributed by atoms with Crippen molar-refractivity contribution < 1.29 is 13.3 Å². The lowest BCUT2D eigenvalue weighted by Crippen LogP contribution is -2.51. The normalized spacial score (nSPS) is 23.0. The van der Waals surface area contributed by atoms with Crippen LogP contribution < -0.4 is 10.0 Å². The third-order valence-electron chi connectivity index (χ3n) is 3.48. The topological polar surface area (TPSA) is 101 Å². The van der Waals surface area contributed by atoms with Crippen LogP contribution in [0.5, 0.6) is 0 Å². The van der Waals surface area contributed by atoms with Crippen molar-refractivity contribution in [2.75, 3.05) is 6.54 Å². The predicted molar refractivity (Wildman–Crippen MR) is 81.6 cm³/mol. The lowest BCUT2D eigenvalue weighted by Gasteiger charge is -2.30. The molecule has 1 fully saturated rings. The van der Waals surface area contributed by atoms with Gasteiger partial charge in [0.2, 0.25) is 10.0 Å². The number of hydrogen-bond acceptors (Lipinski definition) is 5. The Kier molecular flexibility index (Phi) is 4.97. The molecule has 1 aliphatic heterocycles. The Morgan fingerprint density at radius 2 is 2.19 bits per heavy atom. The molecule has 2 N–H and O–H groups in total. The largest absolute Gasteiger partial charge is 0.313 e. The van der Waals surface area contributed by atoms with Gasteiger partial charge in [-0.15, -0.1) is 0 Å². The van der Waals surface area contributed by atoms with Gasteiger partial charge in [0.15, 0.2) is 4.90 Å². The highest BCUT2D eigenvalue weighted by Crippen LogP contribution is 2.27. The Balaban J connectivity index is 2.35. The monoisotopic (exact) mass is 377 g/mol. The van der Waals surface area contributed by atoms with E-state index in [-0.39, 0.29) is 17.0 Å². The Morgan fingerprint density at radius 1 is 1.48 bits per heavy atom. The summed E-state index contributed by atoms with van der Waals surface area (Å²) in [6.07, 6.45) is 1.56. The molecule has 1 aliphatic rings. The molecular weight excluding hydrogens is 362 g/mol. The maximum absolute atomic E-state index is 12.5. The molecule has 0 amide bonds. The van der Waals surface area contributed by atoms with Gasteiger partial charge >= 0.3 is 0 Å². The van der Waals surface area contributed by atoms with Crippen LogP contribution in [0.4, 0.5) is 5.69 Å². The summed E-state index contributed by atoms with van der Waals surface area (Å²) in [4.78, 5) is 10.0. The highest BCUT2D eigenvalue weighted by molar-refractivity contribution is 9.10. The van der Waals surface area contributed by atoms with E-state index >= 15 is 0 Å². The van der Waals surface area contributed by atoms with Crippen molar-refractivity contribution >= 4 is 31.6 Å². The molecule has 116 valence electrons. The van der Waals surface area contributed by atoms with Crippen LogP contribution in [0.1, 0.15) is 19.8 Å². The van der Waals surface area contributed by atoms with Crippen molar-refractivity contribution in [1.82, 2.24) is 10.0 Å². The highest BCUT2D eigenvalue weighted by Gasteiger charge is 2.31. The van der Waals surface area contributed by atoms with Crippen LogP contribution in [-0.2, 0) is 10.0 Å². The number of piperidine rings is 1. The predicted octanol–water partition coefficient (Wildman–Crippen LogP) is 1.78. The number of sulfonamides is 1. The van der Waals surface area contributed by atoms with Gasteiger partial charge in [0.1, 0.15) is 0 Å². The lowest BCUT2D eigenvalue weighted by molar-refractivity contribution is -0.387.